The highest BCUT2D eigenvalue weighted by Gasteiger charge is 2.31. The third kappa shape index (κ3) is 3.60. The van der Waals surface area contributed by atoms with Crippen molar-refractivity contribution in [1.29, 1.82) is 0 Å². The van der Waals surface area contributed by atoms with Crippen molar-refractivity contribution in [1.82, 2.24) is 10.5 Å². The number of nitrogens with zero attached hydrogens (tertiary/aromatic N) is 1. The summed E-state index contributed by atoms with van der Waals surface area (Å²) in [4.78, 5) is 12.4. The molecule has 2 aromatic heterocycles. The van der Waals surface area contributed by atoms with E-state index in [4.69, 9.17) is 14.7 Å². The number of hydrogen-bond donors (Lipinski definition) is 2. The van der Waals surface area contributed by atoms with Crippen molar-refractivity contribution in [2.75, 3.05) is 12.3 Å². The zero-order valence-corrected chi connectivity index (χ0v) is 14.5. The fourth-order valence-corrected chi connectivity index (χ4v) is 2.81. The van der Waals surface area contributed by atoms with Gasteiger partial charge in [0.25, 0.3) is 5.91 Å². The number of nitrogens with one attached hydrogen (secondary N) is 1. The van der Waals surface area contributed by atoms with Gasteiger partial charge in [0.2, 0.25) is 5.88 Å². The number of hydrogen-bond acceptors (Lipinski definition) is 5. The van der Waals surface area contributed by atoms with E-state index in [1.165, 1.54) is 24.3 Å². The van der Waals surface area contributed by atoms with Crippen LogP contribution in [0.25, 0.3) is 22.8 Å². The summed E-state index contributed by atoms with van der Waals surface area (Å²) < 4.78 is 49.3. The molecular weight excluding hydrogens is 375 g/mol. The van der Waals surface area contributed by atoms with Crippen molar-refractivity contribution < 1.29 is 26.9 Å². The second-order valence-electron chi connectivity index (χ2n) is 6.67. The van der Waals surface area contributed by atoms with Gasteiger partial charge >= 0.3 is 6.18 Å². The summed E-state index contributed by atoms with van der Waals surface area (Å²) in [5, 5.41) is 6.55. The summed E-state index contributed by atoms with van der Waals surface area (Å²) in [5.41, 5.74) is 5.34. The van der Waals surface area contributed by atoms with E-state index in [2.05, 4.69) is 10.5 Å². The lowest BCUT2D eigenvalue weighted by atomic mass is 10.1. The first-order valence-electron chi connectivity index (χ1n) is 8.64. The molecule has 1 aliphatic rings. The van der Waals surface area contributed by atoms with Crippen molar-refractivity contribution in [3.8, 4) is 22.8 Å². The molecule has 0 radical (unpaired) electrons. The van der Waals surface area contributed by atoms with E-state index in [0.717, 1.165) is 25.0 Å². The molecular formula is C19H16F3N3O3. The third-order valence-electron chi connectivity index (χ3n) is 4.51. The quantitative estimate of drug-likeness (QED) is 0.675. The molecule has 0 spiro atoms. The molecule has 0 atom stereocenters. The van der Waals surface area contributed by atoms with Gasteiger partial charge in [0.05, 0.1) is 5.56 Å². The first-order chi connectivity index (χ1) is 13.3. The Morgan fingerprint density at radius 2 is 1.96 bits per heavy atom. The number of furan rings is 1. The highest BCUT2D eigenvalue weighted by atomic mass is 19.4. The number of alkyl halides is 3. The van der Waals surface area contributed by atoms with Crippen molar-refractivity contribution in [2.45, 2.75) is 19.0 Å². The van der Waals surface area contributed by atoms with Crippen molar-refractivity contribution in [3.05, 3.63) is 47.5 Å². The summed E-state index contributed by atoms with van der Waals surface area (Å²) in [6.45, 7) is 0.538. The SMILES string of the molecule is Nc1onc(-c2ccc(-c3cccc(C(F)(F)F)c3)o2)c1C(=O)NCC1CC1. The van der Waals surface area contributed by atoms with Crippen molar-refractivity contribution in [3.63, 3.8) is 0 Å². The van der Waals surface area contributed by atoms with E-state index >= 15 is 0 Å². The predicted octanol–water partition coefficient (Wildman–Crippen LogP) is 4.34. The number of nitrogen functional groups attached to an aromatic ring is 1. The van der Waals surface area contributed by atoms with Gasteiger partial charge in [-0.2, -0.15) is 13.2 Å². The van der Waals surface area contributed by atoms with Crippen LogP contribution in [0.1, 0.15) is 28.8 Å². The van der Waals surface area contributed by atoms with E-state index in [0.29, 0.717) is 12.5 Å². The van der Waals surface area contributed by atoms with E-state index in [-0.39, 0.29) is 34.2 Å². The smallest absolute Gasteiger partial charge is 0.416 e. The van der Waals surface area contributed by atoms with Gasteiger partial charge in [-0.3, -0.25) is 4.79 Å². The van der Waals surface area contributed by atoms with Crippen LogP contribution in [-0.4, -0.2) is 17.6 Å². The molecule has 28 heavy (non-hydrogen) atoms. The molecule has 1 aromatic carbocycles. The molecule has 3 aromatic rings. The lowest BCUT2D eigenvalue weighted by molar-refractivity contribution is -0.137. The van der Waals surface area contributed by atoms with Gasteiger partial charge in [-0.25, -0.2) is 0 Å². The molecule has 6 nitrogen and oxygen atoms in total. The van der Waals surface area contributed by atoms with E-state index in [1.54, 1.807) is 0 Å². The molecule has 9 heteroatoms. The van der Waals surface area contributed by atoms with Crippen molar-refractivity contribution in [2.24, 2.45) is 5.92 Å². The Kier molecular flexibility index (Phi) is 4.37. The summed E-state index contributed by atoms with van der Waals surface area (Å²) in [6.07, 6.45) is -2.31. The Morgan fingerprint density at radius 1 is 1.21 bits per heavy atom. The van der Waals surface area contributed by atoms with Crippen LogP contribution in [-0.2, 0) is 6.18 Å². The summed E-state index contributed by atoms with van der Waals surface area (Å²) in [7, 11) is 0. The molecule has 4 rings (SSSR count). The normalized spacial score (nSPS) is 14.2. The molecule has 0 saturated heterocycles. The van der Waals surface area contributed by atoms with E-state index < -0.39 is 17.6 Å². The molecule has 2 heterocycles. The van der Waals surface area contributed by atoms with Gasteiger partial charge in [-0.15, -0.1) is 0 Å². The van der Waals surface area contributed by atoms with Crippen LogP contribution in [0.2, 0.25) is 0 Å². The number of anilines is 1. The highest BCUT2D eigenvalue weighted by molar-refractivity contribution is 6.03. The maximum Gasteiger partial charge on any atom is 0.416 e. The monoisotopic (exact) mass is 391 g/mol. The number of aromatic nitrogens is 1. The minimum atomic E-state index is -4.46. The number of carbonyl (C=O) groups excluding carboxylic acids is 1. The van der Waals surface area contributed by atoms with Crippen LogP contribution >= 0.6 is 0 Å². The van der Waals surface area contributed by atoms with Gasteiger partial charge in [0, 0.05) is 12.1 Å². The standard InChI is InChI=1S/C19H16F3N3O3/c20-19(21,22)12-3-1-2-11(8-12)13-6-7-14(27-13)16-15(17(23)28-25-16)18(26)24-9-10-4-5-10/h1-3,6-8,10H,4-5,9,23H2,(H,24,26). The zero-order chi connectivity index (χ0) is 19.9. The Morgan fingerprint density at radius 3 is 2.68 bits per heavy atom. The fraction of sp³-hybridized carbons (Fsp3) is 0.263. The first kappa shape index (κ1) is 18.1. The Hall–Kier alpha value is -3.23. The van der Waals surface area contributed by atoms with Gasteiger partial charge in [-0.05, 0) is 43.0 Å². The number of halogens is 3. The Labute approximate surface area is 157 Å². The second-order valence-corrected chi connectivity index (χ2v) is 6.67. The molecule has 3 N–H and O–H groups in total. The lowest BCUT2D eigenvalue weighted by Crippen LogP contribution is -2.26. The number of amides is 1. The lowest BCUT2D eigenvalue weighted by Gasteiger charge is -2.07. The molecule has 0 bridgehead atoms. The first-order valence-corrected chi connectivity index (χ1v) is 8.64. The fourth-order valence-electron chi connectivity index (χ4n) is 2.81. The number of carbonyl (C=O) groups is 1. The molecule has 0 unspecified atom stereocenters. The maximum atomic E-state index is 12.9. The Balaban J connectivity index is 1.62. The third-order valence-corrected chi connectivity index (χ3v) is 4.51. The van der Waals surface area contributed by atoms with Gasteiger partial charge < -0.3 is 20.0 Å². The summed E-state index contributed by atoms with van der Waals surface area (Å²) >= 11 is 0. The van der Waals surface area contributed by atoms with Gasteiger partial charge in [0.1, 0.15) is 11.3 Å². The minimum Gasteiger partial charge on any atom is -0.454 e. The zero-order valence-electron chi connectivity index (χ0n) is 14.5. The average Bonchev–Trinajstić information content (AvgIpc) is 3.21. The molecule has 0 aliphatic heterocycles. The average molecular weight is 391 g/mol. The van der Waals surface area contributed by atoms with E-state index in [9.17, 15) is 18.0 Å². The number of benzene rings is 1. The second kappa shape index (κ2) is 6.74. The maximum absolute atomic E-state index is 12.9. The van der Waals surface area contributed by atoms with Crippen molar-refractivity contribution >= 4 is 11.8 Å². The molecule has 1 saturated carbocycles. The Bertz CT molecular complexity index is 1020. The van der Waals surface area contributed by atoms with Crippen LogP contribution in [0.5, 0.6) is 0 Å². The van der Waals surface area contributed by atoms with Crippen LogP contribution < -0.4 is 11.1 Å². The minimum absolute atomic E-state index is 0.0468. The largest absolute Gasteiger partial charge is 0.454 e. The number of nitrogens with two attached hydrogens (primary N) is 1. The van der Waals surface area contributed by atoms with E-state index in [1.807, 2.05) is 0 Å². The summed E-state index contributed by atoms with van der Waals surface area (Å²) in [6, 6.07) is 7.77. The summed E-state index contributed by atoms with van der Waals surface area (Å²) in [5.74, 6) is 0.263. The number of rotatable bonds is 5. The van der Waals surface area contributed by atoms with Crippen LogP contribution in [0.4, 0.5) is 19.1 Å². The highest BCUT2D eigenvalue weighted by Crippen LogP contribution is 2.35. The molecule has 1 amide bonds. The van der Waals surface area contributed by atoms with Gasteiger partial charge in [-0.1, -0.05) is 17.3 Å². The topological polar surface area (TPSA) is 94.3 Å². The predicted molar refractivity (Wildman–Crippen MR) is 94.1 cm³/mol. The molecule has 146 valence electrons. The van der Waals surface area contributed by atoms with Gasteiger partial charge in [0.15, 0.2) is 11.5 Å². The van der Waals surface area contributed by atoms with Crippen LogP contribution in [0, 0.1) is 5.92 Å². The van der Waals surface area contributed by atoms with Crippen LogP contribution in [0.15, 0.2) is 45.3 Å². The molecule has 1 fully saturated rings. The van der Waals surface area contributed by atoms with Crippen LogP contribution in [0.3, 0.4) is 0 Å². The molecule has 1 aliphatic carbocycles.